The maximum atomic E-state index is 2.43. The number of hydrogen-bond acceptors (Lipinski definition) is 2. The van der Waals surface area contributed by atoms with Crippen LogP contribution in [0.4, 0.5) is 34.1 Å². The van der Waals surface area contributed by atoms with E-state index < -0.39 is 0 Å². The van der Waals surface area contributed by atoms with Crippen LogP contribution in [0.25, 0.3) is 133 Å². The van der Waals surface area contributed by atoms with Crippen molar-refractivity contribution < 1.29 is 0 Å². The van der Waals surface area contributed by atoms with Crippen LogP contribution in [0.2, 0.25) is 0 Å². The van der Waals surface area contributed by atoms with Gasteiger partial charge >= 0.3 is 0 Å². The van der Waals surface area contributed by atoms with E-state index in [9.17, 15) is 0 Å². The molecule has 0 saturated carbocycles. The van der Waals surface area contributed by atoms with Gasteiger partial charge in [0, 0.05) is 72.5 Å². The first-order valence-electron chi connectivity index (χ1n) is 37.6. The summed E-state index contributed by atoms with van der Waals surface area (Å²) in [5.41, 5.74) is 33.7. The monoisotopic (exact) mass is 1390 g/mol. The molecule has 0 saturated heterocycles. The molecule has 0 atom stereocenters. The van der Waals surface area contributed by atoms with Gasteiger partial charge in [-0.2, -0.15) is 0 Å². The predicted molar refractivity (Wildman–Crippen MR) is 461 cm³/mol. The Morgan fingerprint density at radius 2 is 0.440 bits per heavy atom. The second-order valence-electron chi connectivity index (χ2n) is 28.8. The van der Waals surface area contributed by atoms with Crippen molar-refractivity contribution in [3.63, 3.8) is 0 Å². The SMILES string of the molecule is CC1(C)c2cc(-c3ccc4c(c3)c3ccccc3n4-c3ccccc3)ccc2-c2ccc(N(c3ccccc3)c3ccc(-c4ccccc4)cc3)cc21.c1ccc(-c2ccc(N(c3ccccc3)c3ccc(-c4ccc(-n5c6ccc(-c7ccccc7)cc6c6cc(-c7ccccc7)ccc65)cc4)cc3)cc2)cc1. The zero-order valence-corrected chi connectivity index (χ0v) is 60.7. The first kappa shape index (κ1) is 65.7. The van der Waals surface area contributed by atoms with Gasteiger partial charge in [0.25, 0.3) is 0 Å². The Morgan fingerprint density at radius 3 is 0.872 bits per heavy atom. The summed E-state index contributed by atoms with van der Waals surface area (Å²) in [4.78, 5) is 4.69. The Balaban J connectivity index is 0.000000148. The maximum Gasteiger partial charge on any atom is 0.0541 e. The highest BCUT2D eigenvalue weighted by Crippen LogP contribution is 2.52. The fourth-order valence-electron chi connectivity index (χ4n) is 16.5. The van der Waals surface area contributed by atoms with E-state index >= 15 is 0 Å². The molecule has 0 fully saturated rings. The minimum Gasteiger partial charge on any atom is -0.311 e. The third-order valence-electron chi connectivity index (χ3n) is 22.0. The van der Waals surface area contributed by atoms with E-state index in [4.69, 9.17) is 0 Å². The molecule has 0 aliphatic heterocycles. The summed E-state index contributed by atoms with van der Waals surface area (Å²) in [7, 11) is 0. The van der Waals surface area contributed by atoms with Crippen LogP contribution in [0.5, 0.6) is 0 Å². The van der Waals surface area contributed by atoms with Gasteiger partial charge in [-0.25, -0.2) is 0 Å². The van der Waals surface area contributed by atoms with Crippen molar-refractivity contribution in [2.45, 2.75) is 19.3 Å². The minimum absolute atomic E-state index is 0.177. The van der Waals surface area contributed by atoms with Crippen molar-refractivity contribution in [2.75, 3.05) is 9.80 Å². The van der Waals surface area contributed by atoms with E-state index in [1.54, 1.807) is 0 Å². The Morgan fingerprint density at radius 1 is 0.183 bits per heavy atom. The number of para-hydroxylation sites is 4. The summed E-state index contributed by atoms with van der Waals surface area (Å²) in [6.45, 7) is 4.76. The maximum absolute atomic E-state index is 2.43. The van der Waals surface area contributed by atoms with Crippen LogP contribution in [0.1, 0.15) is 25.0 Å². The molecule has 19 aromatic rings. The van der Waals surface area contributed by atoms with Crippen LogP contribution in [-0.2, 0) is 5.41 Å². The molecule has 4 heteroatoms. The van der Waals surface area contributed by atoms with Crippen molar-refractivity contribution in [3.8, 4) is 89.3 Å². The highest BCUT2D eigenvalue weighted by atomic mass is 15.1. The summed E-state index contributed by atoms with van der Waals surface area (Å²) in [6.07, 6.45) is 0. The molecule has 109 heavy (non-hydrogen) atoms. The Kier molecular flexibility index (Phi) is 16.9. The van der Waals surface area contributed by atoms with Gasteiger partial charge in [-0.05, 0) is 235 Å². The van der Waals surface area contributed by atoms with E-state index in [1.165, 1.54) is 138 Å². The van der Waals surface area contributed by atoms with Gasteiger partial charge in [0.15, 0.2) is 0 Å². The lowest BCUT2D eigenvalue weighted by molar-refractivity contribution is 0.660. The Bertz CT molecular complexity index is 6380. The van der Waals surface area contributed by atoms with Gasteiger partial charge in [0.2, 0.25) is 0 Å². The summed E-state index contributed by atoms with van der Waals surface area (Å²) >= 11 is 0. The molecule has 17 aromatic carbocycles. The van der Waals surface area contributed by atoms with Gasteiger partial charge < -0.3 is 18.9 Å². The molecule has 0 spiro atoms. The Labute approximate surface area is 636 Å². The molecule has 0 radical (unpaired) electrons. The first-order chi connectivity index (χ1) is 53.8. The predicted octanol–water partition coefficient (Wildman–Crippen LogP) is 28.8. The molecule has 4 nitrogen and oxygen atoms in total. The van der Waals surface area contributed by atoms with E-state index in [2.05, 4.69) is 457 Å². The van der Waals surface area contributed by atoms with Crippen molar-refractivity contribution >= 4 is 77.7 Å². The van der Waals surface area contributed by atoms with Crippen molar-refractivity contribution in [2.24, 2.45) is 0 Å². The normalized spacial score (nSPS) is 12.0. The molecule has 1 aliphatic rings. The molecule has 0 unspecified atom stereocenters. The van der Waals surface area contributed by atoms with Crippen LogP contribution in [0.15, 0.2) is 425 Å². The third kappa shape index (κ3) is 12.3. The average molecular weight is 1390 g/mol. The van der Waals surface area contributed by atoms with Crippen molar-refractivity contribution in [1.29, 1.82) is 0 Å². The smallest absolute Gasteiger partial charge is 0.0541 e. The summed E-state index contributed by atoms with van der Waals surface area (Å²) < 4.78 is 4.78. The van der Waals surface area contributed by atoms with Crippen LogP contribution < -0.4 is 9.80 Å². The van der Waals surface area contributed by atoms with Gasteiger partial charge in [-0.3, -0.25) is 0 Å². The van der Waals surface area contributed by atoms with E-state index in [0.717, 1.165) is 39.8 Å². The van der Waals surface area contributed by atoms with Crippen LogP contribution in [0.3, 0.4) is 0 Å². The second kappa shape index (κ2) is 28.1. The lowest BCUT2D eigenvalue weighted by Crippen LogP contribution is -2.16. The standard InChI is InChI=1S/C54H38N2.C51H38N2/c1-5-13-39(14-6-1)42-21-29-48(30-22-42)55(47-19-11-4-12-20-47)49-31-23-43(24-32-49)44-25-33-50(34-26-44)56-53-35-27-45(40-15-7-2-8-16-40)37-51(53)52-38-46(28-36-54(52)56)41-17-9-3-10-18-41;1-51(2)47-33-38(37-25-31-50-46(32-37)45-20-12-13-21-49(45)53(50)40-18-10-5-11-19-40)24-29-43(47)44-30-28-42(34-48(44)51)52(39-16-8-4-9-17-39)41-26-22-36(23-27-41)35-14-6-3-7-15-35/h1-38H;3-34H,1-2H3. The number of anilines is 6. The number of aromatic nitrogens is 2. The molecule has 0 N–H and O–H groups in total. The molecule has 20 rings (SSSR count). The summed E-state index contributed by atoms with van der Waals surface area (Å²) in [6, 6.07) is 154. The molecular weight excluding hydrogens is 1320 g/mol. The topological polar surface area (TPSA) is 16.3 Å². The van der Waals surface area contributed by atoms with Crippen LogP contribution in [-0.4, -0.2) is 9.13 Å². The second-order valence-corrected chi connectivity index (χ2v) is 28.8. The largest absolute Gasteiger partial charge is 0.311 e. The zero-order valence-electron chi connectivity index (χ0n) is 60.7. The summed E-state index contributed by atoms with van der Waals surface area (Å²) in [5.74, 6) is 0. The average Bonchev–Trinajstić information content (AvgIpc) is 1.58. The highest BCUT2D eigenvalue weighted by molar-refractivity contribution is 6.13. The zero-order chi connectivity index (χ0) is 72.8. The van der Waals surface area contributed by atoms with E-state index in [-0.39, 0.29) is 5.41 Å². The van der Waals surface area contributed by atoms with Crippen LogP contribution >= 0.6 is 0 Å². The van der Waals surface area contributed by atoms with Crippen LogP contribution in [0, 0.1) is 0 Å². The van der Waals surface area contributed by atoms with E-state index in [1.807, 2.05) is 0 Å². The number of hydrogen-bond donors (Lipinski definition) is 0. The number of nitrogens with zero attached hydrogens (tertiary/aromatic N) is 4. The number of benzene rings is 17. The van der Waals surface area contributed by atoms with Gasteiger partial charge in [0.1, 0.15) is 0 Å². The summed E-state index contributed by atoms with van der Waals surface area (Å²) in [5, 5.41) is 5.03. The molecule has 0 amide bonds. The van der Waals surface area contributed by atoms with Crippen molar-refractivity contribution in [3.05, 3.63) is 436 Å². The first-order valence-corrected chi connectivity index (χ1v) is 37.6. The number of fused-ring (bicyclic) bond motifs is 9. The number of rotatable bonds is 14. The third-order valence-corrected chi connectivity index (χ3v) is 22.0. The van der Waals surface area contributed by atoms with E-state index in [0.29, 0.717) is 0 Å². The minimum atomic E-state index is -0.177. The Hall–Kier alpha value is -14.1. The van der Waals surface area contributed by atoms with Crippen molar-refractivity contribution in [1.82, 2.24) is 9.13 Å². The highest BCUT2D eigenvalue weighted by Gasteiger charge is 2.37. The lowest BCUT2D eigenvalue weighted by Gasteiger charge is -2.28. The van der Waals surface area contributed by atoms with Gasteiger partial charge in [0.05, 0.1) is 22.1 Å². The molecular formula is C105H76N4. The molecule has 2 aromatic heterocycles. The molecule has 516 valence electrons. The van der Waals surface area contributed by atoms with Gasteiger partial charge in [-0.15, -0.1) is 0 Å². The molecule has 1 aliphatic carbocycles. The lowest BCUT2D eigenvalue weighted by atomic mass is 9.81. The quantitative estimate of drug-likeness (QED) is 0.108. The fraction of sp³-hybridized carbons (Fsp3) is 0.0286. The van der Waals surface area contributed by atoms with Gasteiger partial charge in [-0.1, -0.05) is 293 Å². The fourth-order valence-corrected chi connectivity index (χ4v) is 16.5. The molecule has 0 bridgehead atoms. The molecule has 2 heterocycles.